The van der Waals surface area contributed by atoms with Crippen LogP contribution in [-0.2, 0) is 0 Å². The minimum Gasteiger partial charge on any atom is -0.332 e. The van der Waals surface area contributed by atoms with Crippen LogP contribution in [0.3, 0.4) is 0 Å². The van der Waals surface area contributed by atoms with Crippen molar-refractivity contribution in [2.75, 3.05) is 4.90 Å². The van der Waals surface area contributed by atoms with Gasteiger partial charge in [-0.1, -0.05) is 78.9 Å². The highest BCUT2D eigenvalue weighted by Crippen LogP contribution is 2.44. The predicted octanol–water partition coefficient (Wildman–Crippen LogP) is 6.69. The lowest BCUT2D eigenvalue weighted by atomic mass is 9.95. The van der Waals surface area contributed by atoms with Gasteiger partial charge in [0.1, 0.15) is 0 Å². The summed E-state index contributed by atoms with van der Waals surface area (Å²) >= 11 is 0. The fourth-order valence-corrected chi connectivity index (χ4v) is 3.82. The maximum absolute atomic E-state index is 2.47. The first-order valence-electron chi connectivity index (χ1n) is 9.48. The van der Waals surface area contributed by atoms with Crippen LogP contribution in [0.15, 0.2) is 108 Å². The number of anilines is 1. The van der Waals surface area contributed by atoms with E-state index in [4.69, 9.17) is 0 Å². The van der Waals surface area contributed by atoms with Gasteiger partial charge < -0.3 is 4.90 Å². The normalized spacial score (nSPS) is 15.6. The van der Waals surface area contributed by atoms with Crippen LogP contribution in [0.2, 0.25) is 0 Å². The van der Waals surface area contributed by atoms with Crippen LogP contribution in [0, 0.1) is 0 Å². The highest BCUT2D eigenvalue weighted by Gasteiger charge is 2.37. The second-order valence-corrected chi connectivity index (χ2v) is 7.55. The summed E-state index contributed by atoms with van der Waals surface area (Å²) in [5.41, 5.74) is 7.50. The summed E-state index contributed by atoms with van der Waals surface area (Å²) in [4.78, 5) is 2.47. The third-order valence-corrected chi connectivity index (χ3v) is 5.51. The van der Waals surface area contributed by atoms with Crippen molar-refractivity contribution in [1.82, 2.24) is 0 Å². The minimum absolute atomic E-state index is 0.0779. The van der Waals surface area contributed by atoms with Gasteiger partial charge in [-0.25, -0.2) is 0 Å². The van der Waals surface area contributed by atoms with Crippen LogP contribution in [-0.4, -0.2) is 5.54 Å². The zero-order valence-electron chi connectivity index (χ0n) is 16.2. The van der Waals surface area contributed by atoms with Gasteiger partial charge in [0.2, 0.25) is 0 Å². The first-order valence-corrected chi connectivity index (χ1v) is 9.48. The first kappa shape index (κ1) is 17.4. The number of para-hydroxylation sites is 1. The van der Waals surface area contributed by atoms with Crippen molar-refractivity contribution in [3.63, 3.8) is 0 Å². The highest BCUT2D eigenvalue weighted by molar-refractivity contribution is 5.88. The fourth-order valence-electron chi connectivity index (χ4n) is 3.82. The molecule has 0 atom stereocenters. The molecule has 0 amide bonds. The predicted molar refractivity (Wildman–Crippen MR) is 116 cm³/mol. The van der Waals surface area contributed by atoms with Gasteiger partial charge in [-0.15, -0.1) is 0 Å². The van der Waals surface area contributed by atoms with E-state index in [0.29, 0.717) is 0 Å². The summed E-state index contributed by atoms with van der Waals surface area (Å²) in [6, 6.07) is 32.1. The Kier molecular flexibility index (Phi) is 4.45. The molecule has 0 unspecified atom stereocenters. The van der Waals surface area contributed by atoms with Gasteiger partial charge in [-0.3, -0.25) is 0 Å². The van der Waals surface area contributed by atoms with Gasteiger partial charge in [0, 0.05) is 11.3 Å². The number of allylic oxidation sites excluding steroid dienone is 1. The van der Waals surface area contributed by atoms with E-state index in [2.05, 4.69) is 123 Å². The molecule has 1 aliphatic heterocycles. The lowest BCUT2D eigenvalue weighted by Crippen LogP contribution is -2.40. The van der Waals surface area contributed by atoms with E-state index in [1.165, 1.54) is 33.7 Å². The second-order valence-electron chi connectivity index (χ2n) is 7.55. The molecule has 3 aromatic rings. The molecule has 0 spiro atoms. The van der Waals surface area contributed by atoms with Crippen LogP contribution in [0.25, 0.3) is 5.57 Å². The zero-order valence-corrected chi connectivity index (χ0v) is 16.2. The average molecular weight is 351 g/mol. The molecule has 0 aromatic heterocycles. The van der Waals surface area contributed by atoms with E-state index >= 15 is 0 Å². The lowest BCUT2D eigenvalue weighted by molar-refractivity contribution is 0.601. The number of hydrogen-bond acceptors (Lipinski definition) is 1. The van der Waals surface area contributed by atoms with Crippen molar-refractivity contribution < 1.29 is 0 Å². The third kappa shape index (κ3) is 3.10. The quantitative estimate of drug-likeness (QED) is 0.508. The molecule has 0 radical (unpaired) electrons. The maximum atomic E-state index is 2.47. The maximum Gasteiger partial charge on any atom is 0.0607 e. The Hall–Kier alpha value is -3.06. The second kappa shape index (κ2) is 6.92. The lowest BCUT2D eigenvalue weighted by Gasteiger charge is -2.37. The number of nitrogens with zero attached hydrogens (tertiary/aromatic N) is 1. The van der Waals surface area contributed by atoms with Crippen molar-refractivity contribution in [2.45, 2.75) is 26.3 Å². The molecule has 1 aliphatic rings. The van der Waals surface area contributed by atoms with Gasteiger partial charge in [0.05, 0.1) is 11.2 Å². The van der Waals surface area contributed by atoms with Crippen LogP contribution in [0.5, 0.6) is 0 Å². The molecule has 0 saturated carbocycles. The van der Waals surface area contributed by atoms with Crippen molar-refractivity contribution >= 4 is 11.3 Å². The van der Waals surface area contributed by atoms with Gasteiger partial charge >= 0.3 is 0 Å². The summed E-state index contributed by atoms with van der Waals surface area (Å²) < 4.78 is 0. The molecule has 3 aromatic carbocycles. The van der Waals surface area contributed by atoms with Crippen molar-refractivity contribution in [1.29, 1.82) is 0 Å². The van der Waals surface area contributed by atoms with E-state index in [-0.39, 0.29) is 5.54 Å². The molecule has 0 saturated heterocycles. The third-order valence-electron chi connectivity index (χ3n) is 5.51. The monoisotopic (exact) mass is 351 g/mol. The van der Waals surface area contributed by atoms with Crippen molar-refractivity contribution in [3.8, 4) is 0 Å². The minimum atomic E-state index is -0.0779. The molecular formula is C26H25N. The number of hydrogen-bond donors (Lipinski definition) is 0. The van der Waals surface area contributed by atoms with Gasteiger partial charge in [0.25, 0.3) is 0 Å². The summed E-state index contributed by atoms with van der Waals surface area (Å²) in [6.45, 7) is 6.83. The van der Waals surface area contributed by atoms with E-state index in [0.717, 1.165) is 0 Å². The van der Waals surface area contributed by atoms with Crippen LogP contribution >= 0.6 is 0 Å². The summed E-state index contributed by atoms with van der Waals surface area (Å²) in [7, 11) is 0. The topological polar surface area (TPSA) is 3.24 Å². The molecular weight excluding hydrogens is 326 g/mol. The summed E-state index contributed by atoms with van der Waals surface area (Å²) in [5, 5.41) is 0. The van der Waals surface area contributed by atoms with E-state index < -0.39 is 0 Å². The molecule has 1 nitrogen and oxygen atoms in total. The zero-order chi connectivity index (χ0) is 18.9. The number of rotatable bonds is 3. The largest absolute Gasteiger partial charge is 0.332 e. The molecule has 27 heavy (non-hydrogen) atoms. The SMILES string of the molecule is CC1=CC(=C(c2ccccc2)c2ccccc2)N(c2ccccc2)C1(C)C. The van der Waals surface area contributed by atoms with Crippen LogP contribution in [0.1, 0.15) is 31.9 Å². The molecule has 1 heteroatoms. The smallest absolute Gasteiger partial charge is 0.0607 e. The van der Waals surface area contributed by atoms with E-state index in [1.54, 1.807) is 0 Å². The van der Waals surface area contributed by atoms with E-state index in [1.807, 2.05) is 0 Å². The molecule has 0 fully saturated rings. The van der Waals surface area contributed by atoms with E-state index in [9.17, 15) is 0 Å². The average Bonchev–Trinajstić information content (AvgIpc) is 2.93. The Labute approximate surface area is 162 Å². The van der Waals surface area contributed by atoms with Crippen molar-refractivity contribution in [3.05, 3.63) is 119 Å². The number of benzene rings is 3. The first-order chi connectivity index (χ1) is 13.1. The fraction of sp³-hybridized carbons (Fsp3) is 0.154. The van der Waals surface area contributed by atoms with Crippen molar-refractivity contribution in [2.24, 2.45) is 0 Å². The summed E-state index contributed by atoms with van der Waals surface area (Å²) in [5.74, 6) is 0. The Morgan fingerprint density at radius 2 is 1.11 bits per heavy atom. The van der Waals surface area contributed by atoms with Gasteiger partial charge in [-0.2, -0.15) is 0 Å². The molecule has 4 rings (SSSR count). The Balaban J connectivity index is 2.02. The molecule has 134 valence electrons. The molecule has 1 heterocycles. The van der Waals surface area contributed by atoms with Gasteiger partial charge in [0.15, 0.2) is 0 Å². The molecule has 0 aliphatic carbocycles. The Bertz CT molecular complexity index is 939. The summed E-state index contributed by atoms with van der Waals surface area (Å²) in [6.07, 6.45) is 2.35. The molecule has 0 N–H and O–H groups in total. The highest BCUT2D eigenvalue weighted by atomic mass is 15.2. The Morgan fingerprint density at radius 1 is 0.667 bits per heavy atom. The standard InChI is InChI=1S/C26H25N/c1-20-19-24(27(26(20,2)3)23-17-11-6-12-18-23)25(21-13-7-4-8-14-21)22-15-9-5-10-16-22/h4-19H,1-3H3. The molecule has 0 bridgehead atoms. The van der Waals surface area contributed by atoms with Gasteiger partial charge in [-0.05, 0) is 55.7 Å². The van der Waals surface area contributed by atoms with Crippen LogP contribution in [0.4, 0.5) is 5.69 Å². The Morgan fingerprint density at radius 3 is 1.59 bits per heavy atom. The van der Waals surface area contributed by atoms with Crippen LogP contribution < -0.4 is 4.90 Å².